The fourth-order valence-electron chi connectivity index (χ4n) is 3.63. The lowest BCUT2D eigenvalue weighted by Crippen LogP contribution is -2.35. The number of rotatable bonds is 4. The van der Waals surface area contributed by atoms with Crippen LogP contribution in [0.5, 0.6) is 0 Å². The number of aromatic nitrogens is 2. The third-order valence-electron chi connectivity index (χ3n) is 5.25. The number of nitrogens with one attached hydrogen (secondary N) is 1. The maximum atomic E-state index is 12.7. The van der Waals surface area contributed by atoms with Crippen LogP contribution in [0.15, 0.2) is 29.4 Å². The largest absolute Gasteiger partial charge is 0.393 e. The Kier molecular flexibility index (Phi) is 5.40. The standard InChI is InChI=1S/C20H24N4O3/c25-16-6-4-13(5-7-16)10-21-20-22-11-14-2-1-3-17(18(14)24-20)19(26)23-15-8-9-27-12-15/h1-3,10-11,13,15-16,25H,4-9,12H2,(H,23,26)/b21-10+. The van der Waals surface area contributed by atoms with Gasteiger partial charge in [-0.15, -0.1) is 0 Å². The quantitative estimate of drug-likeness (QED) is 0.808. The molecule has 2 fully saturated rings. The number of ether oxygens (including phenoxy) is 1. The smallest absolute Gasteiger partial charge is 0.253 e. The molecule has 1 aliphatic heterocycles. The van der Waals surface area contributed by atoms with E-state index in [1.165, 1.54) is 0 Å². The topological polar surface area (TPSA) is 96.7 Å². The van der Waals surface area contributed by atoms with Crippen LogP contribution in [0.1, 0.15) is 42.5 Å². The molecule has 4 rings (SSSR count). The Hall–Kier alpha value is -2.38. The van der Waals surface area contributed by atoms with Gasteiger partial charge in [-0.05, 0) is 44.1 Å². The second-order valence-corrected chi connectivity index (χ2v) is 7.29. The van der Waals surface area contributed by atoms with Crippen molar-refractivity contribution in [2.45, 2.75) is 44.2 Å². The van der Waals surface area contributed by atoms with E-state index in [9.17, 15) is 9.90 Å². The Morgan fingerprint density at radius 2 is 2.11 bits per heavy atom. The Bertz CT molecular complexity index is 840. The number of amides is 1. The molecule has 0 radical (unpaired) electrons. The van der Waals surface area contributed by atoms with Gasteiger partial charge in [-0.25, -0.2) is 15.0 Å². The van der Waals surface area contributed by atoms with Crippen LogP contribution >= 0.6 is 0 Å². The van der Waals surface area contributed by atoms with Gasteiger partial charge in [-0.2, -0.15) is 0 Å². The molecule has 1 saturated carbocycles. The fourth-order valence-corrected chi connectivity index (χ4v) is 3.63. The predicted molar refractivity (Wildman–Crippen MR) is 102 cm³/mol. The van der Waals surface area contributed by atoms with Crippen molar-refractivity contribution < 1.29 is 14.6 Å². The zero-order valence-electron chi connectivity index (χ0n) is 15.2. The lowest BCUT2D eigenvalue weighted by Gasteiger charge is -2.21. The molecule has 1 atom stereocenters. The summed E-state index contributed by atoms with van der Waals surface area (Å²) in [7, 11) is 0. The van der Waals surface area contributed by atoms with Crippen LogP contribution < -0.4 is 5.32 Å². The van der Waals surface area contributed by atoms with E-state index >= 15 is 0 Å². The van der Waals surface area contributed by atoms with Crippen molar-refractivity contribution >= 4 is 29.0 Å². The molecule has 1 aromatic carbocycles. The lowest BCUT2D eigenvalue weighted by molar-refractivity contribution is 0.0931. The second-order valence-electron chi connectivity index (χ2n) is 7.29. The summed E-state index contributed by atoms with van der Waals surface area (Å²) in [4.78, 5) is 25.9. The number of nitrogens with zero attached hydrogens (tertiary/aromatic N) is 3. The van der Waals surface area contributed by atoms with Crippen molar-refractivity contribution in [2.24, 2.45) is 10.9 Å². The summed E-state index contributed by atoms with van der Waals surface area (Å²) in [6, 6.07) is 5.55. The molecule has 7 heteroatoms. The van der Waals surface area contributed by atoms with E-state index < -0.39 is 0 Å². The summed E-state index contributed by atoms with van der Waals surface area (Å²) in [6.45, 7) is 1.23. The highest BCUT2D eigenvalue weighted by molar-refractivity contribution is 6.05. The Labute approximate surface area is 157 Å². The number of fused-ring (bicyclic) bond motifs is 1. The molecule has 2 aliphatic rings. The zero-order chi connectivity index (χ0) is 18.6. The molecular formula is C20H24N4O3. The SMILES string of the molecule is O=C(NC1CCOC1)c1cccc2cnc(/N=C/C3CCC(O)CC3)nc12. The first-order valence-electron chi connectivity index (χ1n) is 9.55. The minimum absolute atomic E-state index is 0.0498. The van der Waals surface area contributed by atoms with Gasteiger partial charge in [-0.1, -0.05) is 12.1 Å². The first-order chi connectivity index (χ1) is 13.2. The van der Waals surface area contributed by atoms with Crippen molar-refractivity contribution in [2.75, 3.05) is 13.2 Å². The van der Waals surface area contributed by atoms with Gasteiger partial charge in [0.2, 0.25) is 5.95 Å². The average molecular weight is 368 g/mol. The Balaban J connectivity index is 1.54. The molecule has 2 heterocycles. The van der Waals surface area contributed by atoms with Crippen LogP contribution in [0.4, 0.5) is 5.95 Å². The normalized spacial score (nSPS) is 25.9. The number of benzene rings is 1. The third-order valence-corrected chi connectivity index (χ3v) is 5.25. The van der Waals surface area contributed by atoms with Crippen LogP contribution in [-0.4, -0.2) is 52.6 Å². The van der Waals surface area contributed by atoms with Gasteiger partial charge in [0.15, 0.2) is 0 Å². The van der Waals surface area contributed by atoms with Crippen LogP contribution in [0, 0.1) is 5.92 Å². The van der Waals surface area contributed by atoms with Crippen molar-refractivity contribution in [3.8, 4) is 0 Å². The Morgan fingerprint density at radius 1 is 1.26 bits per heavy atom. The number of carbonyl (C=O) groups is 1. The number of aliphatic imine (C=N–C) groups is 1. The zero-order valence-corrected chi connectivity index (χ0v) is 15.2. The van der Waals surface area contributed by atoms with E-state index in [4.69, 9.17) is 4.74 Å². The molecule has 0 bridgehead atoms. The summed E-state index contributed by atoms with van der Waals surface area (Å²) < 4.78 is 5.32. The number of hydrogen-bond donors (Lipinski definition) is 2. The summed E-state index contributed by atoms with van der Waals surface area (Å²) in [5.74, 6) is 0.553. The predicted octanol–water partition coefficient (Wildman–Crippen LogP) is 2.40. The highest BCUT2D eigenvalue weighted by Crippen LogP contribution is 2.24. The first kappa shape index (κ1) is 18.0. The van der Waals surface area contributed by atoms with Crippen molar-refractivity contribution in [1.29, 1.82) is 0 Å². The summed E-state index contributed by atoms with van der Waals surface area (Å²) in [6.07, 6.45) is 7.70. The minimum Gasteiger partial charge on any atom is -0.393 e. The molecule has 1 saturated heterocycles. The third kappa shape index (κ3) is 4.31. The van der Waals surface area contributed by atoms with Crippen LogP contribution in [0.25, 0.3) is 10.9 Å². The van der Waals surface area contributed by atoms with Gasteiger partial charge in [-0.3, -0.25) is 4.79 Å². The van der Waals surface area contributed by atoms with Gasteiger partial charge in [0, 0.05) is 24.4 Å². The maximum absolute atomic E-state index is 12.7. The lowest BCUT2D eigenvalue weighted by atomic mass is 9.88. The minimum atomic E-state index is -0.182. The number of para-hydroxylation sites is 1. The van der Waals surface area contributed by atoms with Crippen LogP contribution in [0.3, 0.4) is 0 Å². The van der Waals surface area contributed by atoms with Gasteiger partial charge in [0.25, 0.3) is 5.91 Å². The van der Waals surface area contributed by atoms with Crippen LogP contribution in [-0.2, 0) is 4.74 Å². The second kappa shape index (κ2) is 8.10. The van der Waals surface area contributed by atoms with Crippen molar-refractivity contribution in [3.63, 3.8) is 0 Å². The molecule has 1 aliphatic carbocycles. The van der Waals surface area contributed by atoms with E-state index in [2.05, 4.69) is 20.3 Å². The molecule has 2 aromatic rings. The van der Waals surface area contributed by atoms with Gasteiger partial charge in [0.1, 0.15) is 0 Å². The van der Waals surface area contributed by atoms with E-state index in [1.54, 1.807) is 12.3 Å². The molecule has 2 N–H and O–H groups in total. The highest BCUT2D eigenvalue weighted by Gasteiger charge is 2.21. The Morgan fingerprint density at radius 3 is 2.89 bits per heavy atom. The molecular weight excluding hydrogens is 344 g/mol. The van der Waals surface area contributed by atoms with E-state index in [-0.39, 0.29) is 18.1 Å². The number of carbonyl (C=O) groups excluding carboxylic acids is 1. The summed E-state index contributed by atoms with van der Waals surface area (Å²) in [5.41, 5.74) is 1.13. The van der Waals surface area contributed by atoms with Gasteiger partial charge >= 0.3 is 0 Å². The van der Waals surface area contributed by atoms with Crippen molar-refractivity contribution in [1.82, 2.24) is 15.3 Å². The number of aliphatic hydroxyl groups is 1. The van der Waals surface area contributed by atoms with E-state index in [0.717, 1.165) is 37.5 Å². The molecule has 1 amide bonds. The molecule has 1 unspecified atom stereocenters. The van der Waals surface area contributed by atoms with E-state index in [1.807, 2.05) is 18.3 Å². The highest BCUT2D eigenvalue weighted by atomic mass is 16.5. The summed E-state index contributed by atoms with van der Waals surface area (Å²) >= 11 is 0. The summed E-state index contributed by atoms with van der Waals surface area (Å²) in [5, 5.41) is 13.4. The maximum Gasteiger partial charge on any atom is 0.253 e. The van der Waals surface area contributed by atoms with Crippen LogP contribution in [0.2, 0.25) is 0 Å². The monoisotopic (exact) mass is 368 g/mol. The molecule has 142 valence electrons. The molecule has 0 spiro atoms. The average Bonchev–Trinajstić information content (AvgIpc) is 3.20. The van der Waals surface area contributed by atoms with Gasteiger partial charge < -0.3 is 15.2 Å². The molecule has 1 aromatic heterocycles. The van der Waals surface area contributed by atoms with Gasteiger partial charge in [0.05, 0.1) is 29.8 Å². The number of aliphatic hydroxyl groups excluding tert-OH is 1. The van der Waals surface area contributed by atoms with E-state index in [0.29, 0.717) is 36.2 Å². The fraction of sp³-hybridized carbons (Fsp3) is 0.500. The first-order valence-corrected chi connectivity index (χ1v) is 9.55. The number of hydrogen-bond acceptors (Lipinski definition) is 6. The molecule has 7 nitrogen and oxygen atoms in total. The van der Waals surface area contributed by atoms with Crippen molar-refractivity contribution in [3.05, 3.63) is 30.0 Å². The molecule has 27 heavy (non-hydrogen) atoms.